The van der Waals surface area contributed by atoms with E-state index in [-0.39, 0.29) is 5.91 Å². The van der Waals surface area contributed by atoms with E-state index in [1.807, 2.05) is 0 Å². The molecule has 0 heterocycles. The van der Waals surface area contributed by atoms with Gasteiger partial charge < -0.3 is 15.8 Å². The molecular formula is C15H30N2O2. The quantitative estimate of drug-likeness (QED) is 0.665. The summed E-state index contributed by atoms with van der Waals surface area (Å²) in [5.41, 5.74) is 5.85. The molecule has 1 rings (SSSR count). The van der Waals surface area contributed by atoms with E-state index in [1.165, 1.54) is 0 Å². The number of rotatable bonds is 8. The topological polar surface area (TPSA) is 64.3 Å². The van der Waals surface area contributed by atoms with Gasteiger partial charge in [-0.2, -0.15) is 0 Å². The largest absolute Gasteiger partial charge is 0.378 e. The fourth-order valence-electron chi connectivity index (χ4n) is 2.34. The first-order chi connectivity index (χ1) is 9.11. The van der Waals surface area contributed by atoms with E-state index in [1.54, 1.807) is 0 Å². The van der Waals surface area contributed by atoms with Crippen LogP contribution in [0.5, 0.6) is 0 Å². The summed E-state index contributed by atoms with van der Waals surface area (Å²) < 4.78 is 5.81. The van der Waals surface area contributed by atoms with Gasteiger partial charge in [0.05, 0.1) is 6.10 Å². The first-order valence-electron chi connectivity index (χ1n) is 7.75. The molecule has 0 aliphatic heterocycles. The number of nitrogens with one attached hydrogen (secondary N) is 1. The summed E-state index contributed by atoms with van der Waals surface area (Å²) in [6.07, 6.45) is 7.30. The van der Waals surface area contributed by atoms with E-state index < -0.39 is 0 Å². The van der Waals surface area contributed by atoms with Crippen LogP contribution in [0.3, 0.4) is 0 Å². The maximum Gasteiger partial charge on any atom is 0.220 e. The van der Waals surface area contributed by atoms with E-state index >= 15 is 0 Å². The standard InChI is InChI=1S/C15H30N2O2/c1-3-12(2)11-15(18)17-9-4-10-19-14-7-5-13(16)6-8-14/h12-14H,3-11,16H2,1-2H3,(H,17,18). The zero-order valence-electron chi connectivity index (χ0n) is 12.5. The van der Waals surface area contributed by atoms with Crippen LogP contribution < -0.4 is 11.1 Å². The molecule has 1 aliphatic rings. The average Bonchev–Trinajstić information content (AvgIpc) is 2.40. The highest BCUT2D eigenvalue weighted by Crippen LogP contribution is 2.19. The molecule has 0 spiro atoms. The maximum atomic E-state index is 11.5. The minimum atomic E-state index is 0.165. The molecule has 1 fully saturated rings. The molecule has 0 aromatic carbocycles. The number of amides is 1. The molecule has 3 N–H and O–H groups in total. The molecule has 4 nitrogen and oxygen atoms in total. The van der Waals surface area contributed by atoms with Gasteiger partial charge in [-0.25, -0.2) is 0 Å². The first-order valence-corrected chi connectivity index (χ1v) is 7.75. The predicted octanol–water partition coefficient (Wildman–Crippen LogP) is 2.22. The predicted molar refractivity (Wildman–Crippen MR) is 77.9 cm³/mol. The van der Waals surface area contributed by atoms with Crippen molar-refractivity contribution >= 4 is 5.91 Å². The number of nitrogens with two attached hydrogens (primary N) is 1. The summed E-state index contributed by atoms with van der Waals surface area (Å²) in [6.45, 7) is 5.68. The normalized spacial score (nSPS) is 25.0. The lowest BCUT2D eigenvalue weighted by Gasteiger charge is -2.26. The number of carbonyl (C=O) groups is 1. The van der Waals surface area contributed by atoms with Crippen molar-refractivity contribution in [1.82, 2.24) is 5.32 Å². The van der Waals surface area contributed by atoms with Gasteiger partial charge in [0.2, 0.25) is 5.91 Å². The molecule has 0 aromatic heterocycles. The Kier molecular flexibility index (Phi) is 8.07. The minimum absolute atomic E-state index is 0.165. The van der Waals surface area contributed by atoms with Gasteiger partial charge in [-0.15, -0.1) is 0 Å². The zero-order valence-corrected chi connectivity index (χ0v) is 12.5. The second-order valence-corrected chi connectivity index (χ2v) is 5.83. The van der Waals surface area contributed by atoms with Gasteiger partial charge in [0.25, 0.3) is 0 Å². The Hall–Kier alpha value is -0.610. The van der Waals surface area contributed by atoms with Gasteiger partial charge in [-0.1, -0.05) is 20.3 Å². The summed E-state index contributed by atoms with van der Waals surface area (Å²) in [7, 11) is 0. The highest BCUT2D eigenvalue weighted by molar-refractivity contribution is 5.76. The maximum absolute atomic E-state index is 11.5. The van der Waals surface area contributed by atoms with Crippen LogP contribution in [0.2, 0.25) is 0 Å². The molecule has 0 aromatic rings. The first kappa shape index (κ1) is 16.4. The van der Waals surface area contributed by atoms with E-state index in [0.717, 1.165) is 51.7 Å². The molecule has 0 bridgehead atoms. The Morgan fingerprint density at radius 3 is 2.68 bits per heavy atom. The van der Waals surface area contributed by atoms with Crippen LogP contribution in [-0.2, 0) is 9.53 Å². The highest BCUT2D eigenvalue weighted by atomic mass is 16.5. The number of ether oxygens (including phenoxy) is 1. The smallest absolute Gasteiger partial charge is 0.220 e. The van der Waals surface area contributed by atoms with Crippen LogP contribution >= 0.6 is 0 Å². The van der Waals surface area contributed by atoms with Crippen LogP contribution in [0.1, 0.15) is 58.8 Å². The van der Waals surface area contributed by atoms with E-state index in [2.05, 4.69) is 19.2 Å². The van der Waals surface area contributed by atoms with Crippen molar-refractivity contribution < 1.29 is 9.53 Å². The van der Waals surface area contributed by atoms with E-state index in [4.69, 9.17) is 10.5 Å². The van der Waals surface area contributed by atoms with Crippen molar-refractivity contribution in [3.05, 3.63) is 0 Å². The van der Waals surface area contributed by atoms with Crippen molar-refractivity contribution in [2.45, 2.75) is 70.9 Å². The van der Waals surface area contributed by atoms with Crippen LogP contribution in [0.25, 0.3) is 0 Å². The Bertz CT molecular complexity index is 251. The Morgan fingerprint density at radius 1 is 1.37 bits per heavy atom. The Morgan fingerprint density at radius 2 is 2.05 bits per heavy atom. The molecule has 19 heavy (non-hydrogen) atoms. The monoisotopic (exact) mass is 270 g/mol. The molecule has 112 valence electrons. The lowest BCUT2D eigenvalue weighted by atomic mass is 9.94. The average molecular weight is 270 g/mol. The van der Waals surface area contributed by atoms with Crippen molar-refractivity contribution in [3.63, 3.8) is 0 Å². The van der Waals surface area contributed by atoms with Gasteiger partial charge in [-0.3, -0.25) is 4.79 Å². The fourth-order valence-corrected chi connectivity index (χ4v) is 2.34. The van der Waals surface area contributed by atoms with Crippen molar-refractivity contribution in [2.75, 3.05) is 13.2 Å². The van der Waals surface area contributed by atoms with Gasteiger partial charge >= 0.3 is 0 Å². The van der Waals surface area contributed by atoms with Gasteiger partial charge in [-0.05, 0) is 38.0 Å². The zero-order chi connectivity index (χ0) is 14.1. The van der Waals surface area contributed by atoms with Gasteiger partial charge in [0.1, 0.15) is 0 Å². The summed E-state index contributed by atoms with van der Waals surface area (Å²) in [5, 5.41) is 2.95. The Labute approximate surface area is 117 Å². The van der Waals surface area contributed by atoms with E-state index in [0.29, 0.717) is 24.5 Å². The molecular weight excluding hydrogens is 240 g/mol. The van der Waals surface area contributed by atoms with Crippen LogP contribution in [-0.4, -0.2) is 31.2 Å². The SMILES string of the molecule is CCC(C)CC(=O)NCCCOC1CCC(N)CC1. The Balaban J connectivity index is 1.95. The summed E-state index contributed by atoms with van der Waals surface area (Å²) in [4.78, 5) is 11.5. The van der Waals surface area contributed by atoms with Gasteiger partial charge in [0.15, 0.2) is 0 Å². The number of hydrogen-bond donors (Lipinski definition) is 2. The summed E-state index contributed by atoms with van der Waals surface area (Å²) in [6, 6.07) is 0.375. The minimum Gasteiger partial charge on any atom is -0.378 e. The number of hydrogen-bond acceptors (Lipinski definition) is 3. The van der Waals surface area contributed by atoms with Crippen LogP contribution in [0.4, 0.5) is 0 Å². The van der Waals surface area contributed by atoms with E-state index in [9.17, 15) is 4.79 Å². The molecule has 4 heteroatoms. The third-order valence-corrected chi connectivity index (χ3v) is 3.95. The van der Waals surface area contributed by atoms with Crippen molar-refractivity contribution in [2.24, 2.45) is 11.7 Å². The molecule has 0 saturated heterocycles. The molecule has 1 saturated carbocycles. The fraction of sp³-hybridized carbons (Fsp3) is 0.933. The number of carbonyl (C=O) groups excluding carboxylic acids is 1. The van der Waals surface area contributed by atoms with Crippen LogP contribution in [0.15, 0.2) is 0 Å². The summed E-state index contributed by atoms with van der Waals surface area (Å²) in [5.74, 6) is 0.640. The molecule has 1 atom stereocenters. The summed E-state index contributed by atoms with van der Waals surface area (Å²) >= 11 is 0. The lowest BCUT2D eigenvalue weighted by molar-refractivity contribution is -0.121. The van der Waals surface area contributed by atoms with Crippen molar-refractivity contribution in [3.8, 4) is 0 Å². The van der Waals surface area contributed by atoms with Crippen LogP contribution in [0, 0.1) is 5.92 Å². The molecule has 1 aliphatic carbocycles. The molecule has 1 amide bonds. The molecule has 0 radical (unpaired) electrons. The third-order valence-electron chi connectivity index (χ3n) is 3.95. The highest BCUT2D eigenvalue weighted by Gasteiger charge is 2.18. The molecule has 1 unspecified atom stereocenters. The second kappa shape index (κ2) is 9.32. The second-order valence-electron chi connectivity index (χ2n) is 5.83. The third kappa shape index (κ3) is 7.53. The van der Waals surface area contributed by atoms with Gasteiger partial charge in [0, 0.05) is 25.6 Å². The van der Waals surface area contributed by atoms with Crippen molar-refractivity contribution in [1.29, 1.82) is 0 Å². The lowest BCUT2D eigenvalue weighted by Crippen LogP contribution is -2.31.